The third kappa shape index (κ3) is 1.76. The Morgan fingerprint density at radius 1 is 1.12 bits per heavy atom. The van der Waals surface area contributed by atoms with Crippen molar-refractivity contribution < 1.29 is 4.79 Å². The lowest BCUT2D eigenvalue weighted by atomic mass is 9.95. The smallest absolute Gasteiger partial charge is 0.195 e. The number of rotatable bonds is 2. The lowest BCUT2D eigenvalue weighted by molar-refractivity contribution is 0.103. The van der Waals surface area contributed by atoms with Crippen molar-refractivity contribution in [3.05, 3.63) is 63.6 Å². The van der Waals surface area contributed by atoms with Gasteiger partial charge in [0.05, 0.1) is 5.69 Å². The van der Waals surface area contributed by atoms with Crippen LogP contribution in [0.3, 0.4) is 0 Å². The molecule has 1 heterocycles. The molecule has 0 atom stereocenters. The maximum absolute atomic E-state index is 12.3. The SMILES string of the molecule is O=C(c1ccc(Br)cc1)c1cccc2c1NC2. The molecule has 1 N–H and O–H groups in total. The van der Waals surface area contributed by atoms with Gasteiger partial charge >= 0.3 is 0 Å². The Hall–Kier alpha value is -1.61. The van der Waals surface area contributed by atoms with E-state index in [1.807, 2.05) is 42.5 Å². The first kappa shape index (κ1) is 10.5. The number of benzene rings is 2. The molecule has 0 aliphatic carbocycles. The average Bonchev–Trinajstić information content (AvgIpc) is 2.30. The van der Waals surface area contributed by atoms with Crippen LogP contribution in [0.2, 0.25) is 0 Å². The predicted octanol–water partition coefficient (Wildman–Crippen LogP) is 3.61. The number of fused-ring (bicyclic) bond motifs is 1. The van der Waals surface area contributed by atoms with Gasteiger partial charge in [-0.1, -0.05) is 28.1 Å². The highest BCUT2D eigenvalue weighted by Crippen LogP contribution is 2.31. The van der Waals surface area contributed by atoms with Crippen LogP contribution in [0.25, 0.3) is 0 Å². The second kappa shape index (κ2) is 4.00. The fraction of sp³-hybridized carbons (Fsp3) is 0.0714. The summed E-state index contributed by atoms with van der Waals surface area (Å²) < 4.78 is 0.980. The summed E-state index contributed by atoms with van der Waals surface area (Å²) in [5.41, 5.74) is 3.68. The third-order valence-electron chi connectivity index (χ3n) is 2.96. The molecule has 0 aromatic heterocycles. The average molecular weight is 288 g/mol. The van der Waals surface area contributed by atoms with E-state index >= 15 is 0 Å². The number of carbonyl (C=O) groups is 1. The van der Waals surface area contributed by atoms with Crippen LogP contribution < -0.4 is 5.32 Å². The molecule has 0 fully saturated rings. The molecule has 2 aromatic rings. The molecule has 3 rings (SSSR count). The first-order chi connectivity index (χ1) is 8.25. The molecule has 0 unspecified atom stereocenters. The molecular weight excluding hydrogens is 278 g/mol. The topological polar surface area (TPSA) is 29.1 Å². The largest absolute Gasteiger partial charge is 0.380 e. The van der Waals surface area contributed by atoms with Crippen molar-refractivity contribution in [3.8, 4) is 0 Å². The van der Waals surface area contributed by atoms with Crippen molar-refractivity contribution in [2.45, 2.75) is 6.54 Å². The molecule has 3 heteroatoms. The Morgan fingerprint density at radius 3 is 2.53 bits per heavy atom. The van der Waals surface area contributed by atoms with Crippen LogP contribution in [0.5, 0.6) is 0 Å². The van der Waals surface area contributed by atoms with Gasteiger partial charge in [-0.2, -0.15) is 0 Å². The van der Waals surface area contributed by atoms with Crippen LogP contribution >= 0.6 is 15.9 Å². The predicted molar refractivity (Wildman–Crippen MR) is 71.3 cm³/mol. The Kier molecular flexibility index (Phi) is 2.48. The van der Waals surface area contributed by atoms with Crippen LogP contribution in [0.15, 0.2) is 46.9 Å². The van der Waals surface area contributed by atoms with Gasteiger partial charge in [0.1, 0.15) is 0 Å². The van der Waals surface area contributed by atoms with Crippen LogP contribution in [0, 0.1) is 0 Å². The molecule has 0 saturated heterocycles. The number of ketones is 1. The fourth-order valence-electron chi connectivity index (χ4n) is 1.98. The molecule has 1 aliphatic heterocycles. The molecule has 0 amide bonds. The standard InChI is InChI=1S/C14H10BrNO/c15-11-6-4-9(5-7-11)14(17)12-3-1-2-10-8-16-13(10)12/h1-7,16H,8H2. The van der Waals surface area contributed by atoms with Gasteiger partial charge in [0.2, 0.25) is 0 Å². The number of nitrogens with one attached hydrogen (secondary N) is 1. The number of anilines is 1. The van der Waals surface area contributed by atoms with Gasteiger partial charge in [-0.15, -0.1) is 0 Å². The molecule has 0 saturated carbocycles. The zero-order valence-corrected chi connectivity index (χ0v) is 10.6. The Bertz CT molecular complexity index is 590. The second-order valence-corrected chi connectivity index (χ2v) is 4.94. The summed E-state index contributed by atoms with van der Waals surface area (Å²) in [5, 5.41) is 3.19. The van der Waals surface area contributed by atoms with Crippen molar-refractivity contribution in [2.24, 2.45) is 0 Å². The first-order valence-corrected chi connectivity index (χ1v) is 6.21. The first-order valence-electron chi connectivity index (χ1n) is 5.42. The van der Waals surface area contributed by atoms with E-state index in [-0.39, 0.29) is 5.78 Å². The van der Waals surface area contributed by atoms with E-state index in [9.17, 15) is 4.79 Å². The lowest BCUT2D eigenvalue weighted by Gasteiger charge is -2.24. The molecule has 0 radical (unpaired) electrons. The number of hydrogen-bond acceptors (Lipinski definition) is 2. The summed E-state index contributed by atoms with van der Waals surface area (Å²) in [6, 6.07) is 13.3. The lowest BCUT2D eigenvalue weighted by Crippen LogP contribution is -2.18. The van der Waals surface area contributed by atoms with Crippen LogP contribution in [0.1, 0.15) is 21.5 Å². The van der Waals surface area contributed by atoms with Gasteiger partial charge < -0.3 is 5.32 Å². The summed E-state index contributed by atoms with van der Waals surface area (Å²) in [6.45, 7) is 0.858. The van der Waals surface area contributed by atoms with Gasteiger partial charge in [0.25, 0.3) is 0 Å². The maximum Gasteiger partial charge on any atom is 0.195 e. The summed E-state index contributed by atoms with van der Waals surface area (Å²) in [6.07, 6.45) is 0. The summed E-state index contributed by atoms with van der Waals surface area (Å²) in [5.74, 6) is 0.0709. The monoisotopic (exact) mass is 287 g/mol. The molecule has 2 aromatic carbocycles. The zero-order valence-electron chi connectivity index (χ0n) is 9.03. The normalized spacial score (nSPS) is 12.3. The number of hydrogen-bond donors (Lipinski definition) is 1. The summed E-state index contributed by atoms with van der Waals surface area (Å²) in [4.78, 5) is 12.3. The Morgan fingerprint density at radius 2 is 1.88 bits per heavy atom. The highest BCUT2D eigenvalue weighted by atomic mass is 79.9. The van der Waals surface area contributed by atoms with Gasteiger partial charge in [0.15, 0.2) is 5.78 Å². The number of halogens is 1. The van der Waals surface area contributed by atoms with Crippen molar-refractivity contribution >= 4 is 27.4 Å². The van der Waals surface area contributed by atoms with E-state index in [0.717, 1.165) is 27.8 Å². The highest BCUT2D eigenvalue weighted by Gasteiger charge is 2.20. The van der Waals surface area contributed by atoms with E-state index in [1.54, 1.807) is 0 Å². The summed E-state index contributed by atoms with van der Waals surface area (Å²) >= 11 is 3.36. The molecule has 17 heavy (non-hydrogen) atoms. The number of carbonyl (C=O) groups excluding carboxylic acids is 1. The van der Waals surface area contributed by atoms with Gasteiger partial charge in [-0.05, 0) is 35.9 Å². The van der Waals surface area contributed by atoms with E-state index in [0.29, 0.717) is 0 Å². The van der Waals surface area contributed by atoms with Gasteiger partial charge in [-0.25, -0.2) is 0 Å². The quantitative estimate of drug-likeness (QED) is 0.855. The van der Waals surface area contributed by atoms with E-state index < -0.39 is 0 Å². The van der Waals surface area contributed by atoms with Crippen molar-refractivity contribution in [3.63, 3.8) is 0 Å². The maximum atomic E-state index is 12.3. The molecular formula is C14H10BrNO. The van der Waals surface area contributed by atoms with E-state index in [2.05, 4.69) is 21.2 Å². The third-order valence-corrected chi connectivity index (χ3v) is 3.49. The second-order valence-electron chi connectivity index (χ2n) is 4.03. The minimum atomic E-state index is 0.0709. The van der Waals surface area contributed by atoms with Crippen LogP contribution in [0.4, 0.5) is 5.69 Å². The summed E-state index contributed by atoms with van der Waals surface area (Å²) in [7, 11) is 0. The van der Waals surface area contributed by atoms with Crippen molar-refractivity contribution in [1.29, 1.82) is 0 Å². The Balaban J connectivity index is 2.02. The van der Waals surface area contributed by atoms with Crippen LogP contribution in [-0.4, -0.2) is 5.78 Å². The molecule has 84 valence electrons. The molecule has 0 spiro atoms. The van der Waals surface area contributed by atoms with E-state index in [1.165, 1.54) is 5.56 Å². The highest BCUT2D eigenvalue weighted by molar-refractivity contribution is 9.10. The van der Waals surface area contributed by atoms with Crippen molar-refractivity contribution in [1.82, 2.24) is 0 Å². The van der Waals surface area contributed by atoms with Gasteiger partial charge in [0, 0.05) is 22.1 Å². The van der Waals surface area contributed by atoms with E-state index in [4.69, 9.17) is 0 Å². The number of para-hydroxylation sites is 1. The minimum Gasteiger partial charge on any atom is -0.380 e. The minimum absolute atomic E-state index is 0.0709. The molecule has 0 bridgehead atoms. The molecule has 2 nitrogen and oxygen atoms in total. The van der Waals surface area contributed by atoms with Gasteiger partial charge in [-0.3, -0.25) is 4.79 Å². The Labute approximate surface area is 108 Å². The fourth-order valence-corrected chi connectivity index (χ4v) is 2.24. The van der Waals surface area contributed by atoms with Crippen LogP contribution in [-0.2, 0) is 6.54 Å². The van der Waals surface area contributed by atoms with Crippen molar-refractivity contribution in [2.75, 3.05) is 5.32 Å². The zero-order chi connectivity index (χ0) is 11.8. The molecule has 1 aliphatic rings.